The van der Waals surface area contributed by atoms with Crippen LogP contribution in [0.2, 0.25) is 0 Å². The van der Waals surface area contributed by atoms with E-state index in [0.717, 1.165) is 29.2 Å². The summed E-state index contributed by atoms with van der Waals surface area (Å²) in [6, 6.07) is 13.5. The number of halogens is 1. The fraction of sp³-hybridized carbons (Fsp3) is 0.158. The van der Waals surface area contributed by atoms with Crippen molar-refractivity contribution in [2.24, 2.45) is 5.10 Å². The van der Waals surface area contributed by atoms with Gasteiger partial charge < -0.3 is 9.84 Å². The summed E-state index contributed by atoms with van der Waals surface area (Å²) < 4.78 is 5.10. The number of hydrogen-bond donors (Lipinski definition) is 2. The first-order valence-corrected chi connectivity index (χ1v) is 8.80. The van der Waals surface area contributed by atoms with E-state index in [1.54, 1.807) is 35.8 Å². The van der Waals surface area contributed by atoms with Crippen molar-refractivity contribution in [1.29, 1.82) is 0 Å². The summed E-state index contributed by atoms with van der Waals surface area (Å²) in [6.45, 7) is 0. The predicted octanol–water partition coefficient (Wildman–Crippen LogP) is 4.65. The van der Waals surface area contributed by atoms with Crippen molar-refractivity contribution < 1.29 is 9.84 Å². The third-order valence-corrected chi connectivity index (χ3v) is 5.19. The zero-order valence-corrected chi connectivity index (χ0v) is 16.6. The van der Waals surface area contributed by atoms with Crippen LogP contribution in [-0.2, 0) is 12.8 Å². The Hall–Kier alpha value is -2.38. The molecule has 1 heterocycles. The second kappa shape index (κ2) is 7.88. The number of rotatable bonds is 4. The Morgan fingerprint density at radius 2 is 2.08 bits per heavy atom. The Morgan fingerprint density at radius 3 is 2.92 bits per heavy atom. The van der Waals surface area contributed by atoms with Gasteiger partial charge in [-0.05, 0) is 42.2 Å². The van der Waals surface area contributed by atoms with Crippen LogP contribution < -0.4 is 10.2 Å². The Morgan fingerprint density at radius 1 is 1.23 bits per heavy atom. The number of methoxy groups -OCH3 is 1. The van der Waals surface area contributed by atoms with Crippen molar-refractivity contribution in [2.45, 2.75) is 12.8 Å². The minimum atomic E-state index is 0. The van der Waals surface area contributed by atoms with Gasteiger partial charge >= 0.3 is 0 Å². The number of aryl methyl sites for hydroxylation is 2. The normalized spacial score (nSPS) is 12.2. The average molecular weight is 432 g/mol. The SMILES string of the molecule is Br.COc1cc(/C=N/Nc2nc3c(s2)CCc2ccccc2-3)ccc1O. The molecular formula is C19H18BrN3O2S. The van der Waals surface area contributed by atoms with Crippen LogP contribution in [0, 0.1) is 0 Å². The zero-order chi connectivity index (χ0) is 17.2. The van der Waals surface area contributed by atoms with Crippen LogP contribution in [0.5, 0.6) is 11.5 Å². The first-order chi connectivity index (χ1) is 12.2. The number of thiazole rings is 1. The first-order valence-electron chi connectivity index (χ1n) is 7.98. The van der Waals surface area contributed by atoms with Gasteiger partial charge in [0.15, 0.2) is 11.5 Å². The largest absolute Gasteiger partial charge is 0.504 e. The van der Waals surface area contributed by atoms with E-state index in [1.807, 2.05) is 0 Å². The fourth-order valence-electron chi connectivity index (χ4n) is 2.93. The molecule has 7 heteroatoms. The monoisotopic (exact) mass is 431 g/mol. The fourth-order valence-corrected chi connectivity index (χ4v) is 3.86. The van der Waals surface area contributed by atoms with Crippen molar-refractivity contribution in [3.05, 3.63) is 58.5 Å². The van der Waals surface area contributed by atoms with Gasteiger partial charge in [0.25, 0.3) is 0 Å². The summed E-state index contributed by atoms with van der Waals surface area (Å²) in [4.78, 5) is 5.99. The molecule has 4 rings (SSSR count). The molecule has 0 saturated carbocycles. The van der Waals surface area contributed by atoms with E-state index >= 15 is 0 Å². The standard InChI is InChI=1S/C19H17N3O2S.BrH/c1-24-16-10-12(6-8-15(16)23)11-20-22-19-21-18-14-5-3-2-4-13(14)7-9-17(18)25-19;/h2-6,8,10-11,23H,7,9H2,1H3,(H,21,22);1H/b20-11+;. The van der Waals surface area contributed by atoms with Gasteiger partial charge in [-0.25, -0.2) is 4.98 Å². The predicted molar refractivity (Wildman–Crippen MR) is 111 cm³/mol. The maximum atomic E-state index is 9.62. The minimum absolute atomic E-state index is 0. The Balaban J connectivity index is 0.00000196. The lowest BCUT2D eigenvalue weighted by molar-refractivity contribution is 0.373. The molecule has 1 aromatic heterocycles. The molecule has 5 nitrogen and oxygen atoms in total. The molecule has 26 heavy (non-hydrogen) atoms. The third-order valence-electron chi connectivity index (χ3n) is 4.17. The van der Waals surface area contributed by atoms with Crippen molar-refractivity contribution in [3.8, 4) is 22.8 Å². The number of aromatic nitrogens is 1. The number of anilines is 1. The summed E-state index contributed by atoms with van der Waals surface area (Å²) in [7, 11) is 1.52. The molecule has 1 aliphatic rings. The maximum absolute atomic E-state index is 9.62. The number of phenolic OH excluding ortho intramolecular Hbond substituents is 1. The first kappa shape index (κ1) is 18.4. The van der Waals surface area contributed by atoms with E-state index in [0.29, 0.717) is 5.75 Å². The van der Waals surface area contributed by atoms with E-state index in [9.17, 15) is 5.11 Å². The molecule has 0 atom stereocenters. The van der Waals surface area contributed by atoms with Crippen molar-refractivity contribution >= 4 is 39.7 Å². The number of hydrogen-bond acceptors (Lipinski definition) is 6. The van der Waals surface area contributed by atoms with Gasteiger partial charge in [0.2, 0.25) is 5.13 Å². The summed E-state index contributed by atoms with van der Waals surface area (Å²) in [5.74, 6) is 0.532. The van der Waals surface area contributed by atoms with Crippen molar-refractivity contribution in [2.75, 3.05) is 12.5 Å². The molecule has 3 aromatic rings. The number of benzene rings is 2. The molecule has 0 bridgehead atoms. The lowest BCUT2D eigenvalue weighted by atomic mass is 9.94. The number of ether oxygens (including phenoxy) is 1. The Labute approximate surface area is 166 Å². The third kappa shape index (κ3) is 3.59. The quantitative estimate of drug-likeness (QED) is 0.466. The lowest BCUT2D eigenvalue weighted by Gasteiger charge is -2.13. The van der Waals surface area contributed by atoms with Gasteiger partial charge in [0, 0.05) is 10.4 Å². The van der Waals surface area contributed by atoms with E-state index in [1.165, 1.54) is 23.1 Å². The molecule has 0 unspecified atom stereocenters. The topological polar surface area (TPSA) is 66.7 Å². The van der Waals surface area contributed by atoms with Gasteiger partial charge in [-0.2, -0.15) is 5.10 Å². The number of hydrazone groups is 1. The van der Waals surface area contributed by atoms with Crippen LogP contribution >= 0.6 is 28.3 Å². The highest BCUT2D eigenvalue weighted by molar-refractivity contribution is 8.93. The smallest absolute Gasteiger partial charge is 0.204 e. The number of nitrogens with zero attached hydrogens (tertiary/aromatic N) is 2. The van der Waals surface area contributed by atoms with E-state index in [4.69, 9.17) is 9.72 Å². The highest BCUT2D eigenvalue weighted by Gasteiger charge is 2.20. The maximum Gasteiger partial charge on any atom is 0.204 e. The van der Waals surface area contributed by atoms with Crippen LogP contribution in [0.3, 0.4) is 0 Å². The molecule has 1 aliphatic carbocycles. The van der Waals surface area contributed by atoms with Crippen molar-refractivity contribution in [1.82, 2.24) is 4.98 Å². The molecule has 0 saturated heterocycles. The van der Waals surface area contributed by atoms with Crippen molar-refractivity contribution in [3.63, 3.8) is 0 Å². The molecule has 2 N–H and O–H groups in total. The summed E-state index contributed by atoms with van der Waals surface area (Å²) in [5, 5.41) is 14.7. The highest BCUT2D eigenvalue weighted by Crippen LogP contribution is 2.37. The second-order valence-electron chi connectivity index (χ2n) is 5.75. The second-order valence-corrected chi connectivity index (χ2v) is 6.83. The van der Waals surface area contributed by atoms with Crippen LogP contribution in [0.25, 0.3) is 11.3 Å². The number of aromatic hydroxyl groups is 1. The number of nitrogens with one attached hydrogen (secondary N) is 1. The van der Waals surface area contributed by atoms with Gasteiger partial charge in [-0.3, -0.25) is 5.43 Å². The van der Waals surface area contributed by atoms with Crippen LogP contribution in [0.15, 0.2) is 47.6 Å². The Bertz CT molecular complexity index is 956. The van der Waals surface area contributed by atoms with Gasteiger partial charge in [-0.15, -0.1) is 17.0 Å². The van der Waals surface area contributed by atoms with E-state index in [-0.39, 0.29) is 22.7 Å². The van der Waals surface area contributed by atoms with Crippen LogP contribution in [0.1, 0.15) is 16.0 Å². The minimum Gasteiger partial charge on any atom is -0.504 e. The van der Waals surface area contributed by atoms with Gasteiger partial charge in [0.1, 0.15) is 0 Å². The van der Waals surface area contributed by atoms with E-state index in [2.05, 4.69) is 34.8 Å². The summed E-state index contributed by atoms with van der Waals surface area (Å²) in [5.41, 5.74) is 7.48. The highest BCUT2D eigenvalue weighted by atomic mass is 79.9. The van der Waals surface area contributed by atoms with Crippen LogP contribution in [0.4, 0.5) is 5.13 Å². The zero-order valence-electron chi connectivity index (χ0n) is 14.1. The molecule has 134 valence electrons. The molecule has 0 radical (unpaired) electrons. The average Bonchev–Trinajstić information content (AvgIpc) is 3.06. The molecular weight excluding hydrogens is 414 g/mol. The molecule has 0 fully saturated rings. The van der Waals surface area contributed by atoms with Gasteiger partial charge in [0.05, 0.1) is 19.0 Å². The lowest BCUT2D eigenvalue weighted by Crippen LogP contribution is -2.01. The number of phenols is 1. The molecule has 0 amide bonds. The van der Waals surface area contributed by atoms with Gasteiger partial charge in [-0.1, -0.05) is 35.6 Å². The molecule has 0 spiro atoms. The van der Waals surface area contributed by atoms with Crippen LogP contribution in [-0.4, -0.2) is 23.4 Å². The summed E-state index contributed by atoms with van der Waals surface area (Å²) in [6.07, 6.45) is 3.75. The summed E-state index contributed by atoms with van der Waals surface area (Å²) >= 11 is 1.64. The number of fused-ring (bicyclic) bond motifs is 3. The molecule has 2 aromatic carbocycles. The van der Waals surface area contributed by atoms with E-state index < -0.39 is 0 Å². The molecule has 0 aliphatic heterocycles. The Kier molecular flexibility index (Phi) is 5.58.